The van der Waals surface area contributed by atoms with Crippen LogP contribution in [0.2, 0.25) is 5.02 Å². The molecule has 0 radical (unpaired) electrons. The van der Waals surface area contributed by atoms with E-state index in [9.17, 15) is 18.0 Å². The molecule has 0 unspecified atom stereocenters. The predicted octanol–water partition coefficient (Wildman–Crippen LogP) is 5.13. The molecule has 0 bridgehead atoms. The molecule has 1 aliphatic rings. The number of alkyl halides is 3. The molecule has 3 rings (SSSR count). The van der Waals surface area contributed by atoms with E-state index < -0.39 is 11.7 Å². The van der Waals surface area contributed by atoms with Crippen molar-refractivity contribution in [3.05, 3.63) is 52.2 Å². The third kappa shape index (κ3) is 3.99. The van der Waals surface area contributed by atoms with Gasteiger partial charge < -0.3 is 4.90 Å². The monoisotopic (exact) mass is 400 g/mol. The number of hydrogen-bond acceptors (Lipinski definition) is 3. The van der Waals surface area contributed by atoms with E-state index >= 15 is 0 Å². The van der Waals surface area contributed by atoms with Crippen molar-refractivity contribution in [3.8, 4) is 0 Å². The maximum absolute atomic E-state index is 12.7. The number of fused-ring (bicyclic) bond motifs is 1. The second-order valence-electron chi connectivity index (χ2n) is 6.03. The zero-order valence-corrected chi connectivity index (χ0v) is 15.5. The summed E-state index contributed by atoms with van der Waals surface area (Å²) in [7, 11) is 0. The van der Waals surface area contributed by atoms with Crippen LogP contribution < -0.4 is 4.90 Å². The molecule has 1 amide bonds. The first-order valence-electron chi connectivity index (χ1n) is 8.02. The minimum absolute atomic E-state index is 0.0614. The molecule has 0 fully saturated rings. The molecule has 0 spiro atoms. The topological polar surface area (TPSA) is 33.2 Å². The van der Waals surface area contributed by atoms with Gasteiger partial charge in [-0.15, -0.1) is 0 Å². The van der Waals surface area contributed by atoms with Crippen LogP contribution in [0.3, 0.4) is 0 Å². The van der Waals surface area contributed by atoms with Gasteiger partial charge in [-0.2, -0.15) is 13.2 Å². The summed E-state index contributed by atoms with van der Waals surface area (Å²) in [5, 5.41) is 0.114. The molecule has 1 aliphatic heterocycles. The Labute approximate surface area is 158 Å². The predicted molar refractivity (Wildman–Crippen MR) is 96.8 cm³/mol. The van der Waals surface area contributed by atoms with Crippen molar-refractivity contribution in [3.63, 3.8) is 0 Å². The standard InChI is InChI=1S/C18H16ClF3N2OS/c1-11-4-2-5-12-6-3-7-24(16(11)12)15(25)10-26-17-14(19)8-13(9-23-17)18(20,21)22/h2,4-5,8-9H,3,6-7,10H2,1H3. The second-order valence-corrected chi connectivity index (χ2v) is 7.40. The van der Waals surface area contributed by atoms with Gasteiger partial charge in [0.25, 0.3) is 0 Å². The van der Waals surface area contributed by atoms with Crippen molar-refractivity contribution < 1.29 is 18.0 Å². The quantitative estimate of drug-likeness (QED) is 0.669. The molecule has 3 nitrogen and oxygen atoms in total. The highest BCUT2D eigenvalue weighted by atomic mass is 35.5. The highest BCUT2D eigenvalue weighted by Gasteiger charge is 2.32. The largest absolute Gasteiger partial charge is 0.417 e. The summed E-state index contributed by atoms with van der Waals surface area (Å²) >= 11 is 6.95. The Morgan fingerprint density at radius 1 is 1.38 bits per heavy atom. The lowest BCUT2D eigenvalue weighted by atomic mass is 9.98. The number of rotatable bonds is 3. The third-order valence-electron chi connectivity index (χ3n) is 4.19. The molecular weight excluding hydrogens is 385 g/mol. The number of aromatic nitrogens is 1. The lowest BCUT2D eigenvalue weighted by Crippen LogP contribution is -2.37. The molecule has 138 valence electrons. The highest BCUT2D eigenvalue weighted by molar-refractivity contribution is 8.00. The summed E-state index contributed by atoms with van der Waals surface area (Å²) in [5.41, 5.74) is 2.21. The number of halogens is 4. The maximum atomic E-state index is 12.7. The van der Waals surface area contributed by atoms with E-state index in [-0.39, 0.29) is 21.7 Å². The Bertz CT molecular complexity index is 842. The van der Waals surface area contributed by atoms with Gasteiger partial charge in [0.05, 0.1) is 16.3 Å². The fourth-order valence-corrected chi connectivity index (χ4v) is 4.06. The van der Waals surface area contributed by atoms with Crippen molar-refractivity contribution in [1.82, 2.24) is 4.98 Å². The lowest BCUT2D eigenvalue weighted by Gasteiger charge is -2.31. The number of amides is 1. The molecule has 2 aromatic rings. The average Bonchev–Trinajstić information content (AvgIpc) is 2.59. The highest BCUT2D eigenvalue weighted by Crippen LogP contribution is 2.35. The smallest absolute Gasteiger partial charge is 0.311 e. The number of carbonyl (C=O) groups excluding carboxylic acids is 1. The average molecular weight is 401 g/mol. The Kier molecular flexibility index (Phi) is 5.48. The van der Waals surface area contributed by atoms with E-state index in [1.807, 2.05) is 25.1 Å². The zero-order valence-electron chi connectivity index (χ0n) is 13.9. The van der Waals surface area contributed by atoms with Crippen molar-refractivity contribution >= 4 is 35.0 Å². The first-order valence-corrected chi connectivity index (χ1v) is 9.38. The van der Waals surface area contributed by atoms with Gasteiger partial charge in [-0.05, 0) is 37.0 Å². The first-order chi connectivity index (χ1) is 12.3. The van der Waals surface area contributed by atoms with Crippen molar-refractivity contribution in [2.45, 2.75) is 31.0 Å². The lowest BCUT2D eigenvalue weighted by molar-refractivity contribution is -0.137. The molecule has 0 N–H and O–H groups in total. The Balaban J connectivity index is 1.73. The van der Waals surface area contributed by atoms with Crippen LogP contribution in [-0.4, -0.2) is 23.2 Å². The molecular formula is C18H16ClF3N2OS. The number of pyridine rings is 1. The van der Waals surface area contributed by atoms with Gasteiger partial charge >= 0.3 is 6.18 Å². The molecule has 0 saturated heterocycles. The van der Waals surface area contributed by atoms with E-state index in [0.717, 1.165) is 53.7 Å². The normalized spacial score (nSPS) is 14.3. The number of aryl methyl sites for hydroxylation is 2. The van der Waals surface area contributed by atoms with E-state index in [1.165, 1.54) is 0 Å². The summed E-state index contributed by atoms with van der Waals surface area (Å²) in [6.07, 6.45) is -1.95. The van der Waals surface area contributed by atoms with E-state index in [1.54, 1.807) is 4.90 Å². The SMILES string of the molecule is Cc1cccc2c1N(C(=O)CSc1ncc(C(F)(F)F)cc1Cl)CCC2. The summed E-state index contributed by atoms with van der Waals surface area (Å²) in [6.45, 7) is 2.59. The van der Waals surface area contributed by atoms with Crippen molar-refractivity contribution in [1.29, 1.82) is 0 Å². The van der Waals surface area contributed by atoms with Crippen LogP contribution in [0.25, 0.3) is 0 Å². The number of hydrogen-bond donors (Lipinski definition) is 0. The first kappa shape index (κ1) is 19.0. The van der Waals surface area contributed by atoms with E-state index in [2.05, 4.69) is 4.98 Å². The second kappa shape index (κ2) is 7.48. The number of benzene rings is 1. The van der Waals surface area contributed by atoms with Crippen LogP contribution in [0.1, 0.15) is 23.1 Å². The molecule has 8 heteroatoms. The van der Waals surface area contributed by atoms with Crippen LogP contribution in [0.4, 0.5) is 18.9 Å². The number of anilines is 1. The van der Waals surface area contributed by atoms with Crippen LogP contribution in [-0.2, 0) is 17.4 Å². The van der Waals surface area contributed by atoms with Gasteiger partial charge in [0.15, 0.2) is 0 Å². The maximum Gasteiger partial charge on any atom is 0.417 e. The fraction of sp³-hybridized carbons (Fsp3) is 0.333. The van der Waals surface area contributed by atoms with Gasteiger partial charge in [-0.3, -0.25) is 4.79 Å². The molecule has 0 atom stereocenters. The minimum Gasteiger partial charge on any atom is -0.311 e. The van der Waals surface area contributed by atoms with Crippen LogP contribution >= 0.6 is 23.4 Å². The number of para-hydroxylation sites is 1. The van der Waals surface area contributed by atoms with Crippen LogP contribution in [0.15, 0.2) is 35.5 Å². The van der Waals surface area contributed by atoms with E-state index in [0.29, 0.717) is 6.54 Å². The van der Waals surface area contributed by atoms with Gasteiger partial charge in [0.2, 0.25) is 5.91 Å². The van der Waals surface area contributed by atoms with Crippen molar-refractivity contribution in [2.24, 2.45) is 0 Å². The van der Waals surface area contributed by atoms with Gasteiger partial charge in [-0.1, -0.05) is 41.6 Å². The summed E-state index contributed by atoms with van der Waals surface area (Å²) in [6, 6.07) is 6.79. The van der Waals surface area contributed by atoms with Crippen molar-refractivity contribution in [2.75, 3.05) is 17.2 Å². The molecule has 0 saturated carbocycles. The minimum atomic E-state index is -4.50. The fourth-order valence-electron chi connectivity index (χ4n) is 2.99. The zero-order chi connectivity index (χ0) is 18.9. The van der Waals surface area contributed by atoms with Gasteiger partial charge in [-0.25, -0.2) is 4.98 Å². The van der Waals surface area contributed by atoms with Crippen LogP contribution in [0, 0.1) is 6.92 Å². The number of thioether (sulfide) groups is 1. The van der Waals surface area contributed by atoms with E-state index in [4.69, 9.17) is 11.6 Å². The summed E-state index contributed by atoms with van der Waals surface area (Å²) in [5.74, 6) is -0.0470. The Morgan fingerprint density at radius 2 is 2.15 bits per heavy atom. The summed E-state index contributed by atoms with van der Waals surface area (Å²) < 4.78 is 38.0. The number of carbonyl (C=O) groups is 1. The third-order valence-corrected chi connectivity index (χ3v) is 5.58. The Hall–Kier alpha value is -1.73. The van der Waals surface area contributed by atoms with Crippen LogP contribution in [0.5, 0.6) is 0 Å². The molecule has 0 aliphatic carbocycles. The molecule has 1 aromatic heterocycles. The molecule has 2 heterocycles. The van der Waals surface area contributed by atoms with Gasteiger partial charge in [0.1, 0.15) is 5.03 Å². The summed E-state index contributed by atoms with van der Waals surface area (Å²) in [4.78, 5) is 18.2. The molecule has 1 aromatic carbocycles. The van der Waals surface area contributed by atoms with Gasteiger partial charge in [0, 0.05) is 18.4 Å². The Morgan fingerprint density at radius 3 is 2.85 bits per heavy atom. The number of nitrogens with zero attached hydrogens (tertiary/aromatic N) is 2. The molecule has 26 heavy (non-hydrogen) atoms.